The van der Waals surface area contributed by atoms with E-state index in [4.69, 9.17) is 9.26 Å². The molecule has 3 aliphatic rings. The summed E-state index contributed by atoms with van der Waals surface area (Å²) >= 11 is 0. The van der Waals surface area contributed by atoms with Gasteiger partial charge in [0.2, 0.25) is 11.8 Å². The monoisotopic (exact) mass is 393 g/mol. The highest BCUT2D eigenvalue weighted by Crippen LogP contribution is 2.53. The van der Waals surface area contributed by atoms with Gasteiger partial charge in [-0.15, -0.1) is 0 Å². The fourth-order valence-corrected chi connectivity index (χ4v) is 4.78. The van der Waals surface area contributed by atoms with Crippen molar-refractivity contribution < 1.29 is 18.8 Å². The SMILES string of the molecule is Cc1ccc(N2C[C@]34C=C[C@H](O3)[C@@H](C(=O)N(C)Cc3ccno3)[C@H]4C2=O)cc1C. The Kier molecular flexibility index (Phi) is 3.93. The molecule has 4 heterocycles. The van der Waals surface area contributed by atoms with Gasteiger partial charge in [0.25, 0.3) is 0 Å². The molecule has 0 N–H and O–H groups in total. The van der Waals surface area contributed by atoms with Gasteiger partial charge < -0.3 is 19.1 Å². The third-order valence-corrected chi connectivity index (χ3v) is 6.45. The fourth-order valence-electron chi connectivity index (χ4n) is 4.78. The van der Waals surface area contributed by atoms with Gasteiger partial charge in [0.05, 0.1) is 37.2 Å². The lowest BCUT2D eigenvalue weighted by molar-refractivity contribution is -0.139. The number of hydrogen-bond acceptors (Lipinski definition) is 5. The summed E-state index contributed by atoms with van der Waals surface area (Å²) < 4.78 is 11.3. The summed E-state index contributed by atoms with van der Waals surface area (Å²) in [4.78, 5) is 30.1. The van der Waals surface area contributed by atoms with E-state index >= 15 is 0 Å². The molecule has 5 rings (SSSR count). The predicted octanol–water partition coefficient (Wildman–Crippen LogP) is 2.24. The number of nitrogens with zero attached hydrogens (tertiary/aromatic N) is 3. The van der Waals surface area contributed by atoms with Crippen molar-refractivity contribution in [2.24, 2.45) is 11.8 Å². The second-order valence-electron chi connectivity index (χ2n) is 8.27. The summed E-state index contributed by atoms with van der Waals surface area (Å²) in [5, 5.41) is 3.68. The number of anilines is 1. The van der Waals surface area contributed by atoms with Crippen molar-refractivity contribution in [3.63, 3.8) is 0 Å². The Labute approximate surface area is 168 Å². The number of fused-ring (bicyclic) bond motifs is 1. The van der Waals surface area contributed by atoms with Crippen molar-refractivity contribution in [2.45, 2.75) is 32.1 Å². The lowest BCUT2D eigenvalue weighted by atomic mass is 9.76. The second-order valence-corrected chi connectivity index (χ2v) is 8.27. The number of rotatable bonds is 4. The van der Waals surface area contributed by atoms with Gasteiger partial charge in [-0.2, -0.15) is 0 Å². The first kappa shape index (κ1) is 18.1. The zero-order chi connectivity index (χ0) is 20.3. The smallest absolute Gasteiger partial charge is 0.234 e. The maximum absolute atomic E-state index is 13.4. The van der Waals surface area contributed by atoms with E-state index in [-0.39, 0.29) is 17.9 Å². The van der Waals surface area contributed by atoms with Crippen LogP contribution in [0.1, 0.15) is 16.9 Å². The van der Waals surface area contributed by atoms with Crippen molar-refractivity contribution in [1.29, 1.82) is 0 Å². The molecule has 150 valence electrons. The molecule has 7 nitrogen and oxygen atoms in total. The number of ether oxygens (including phenoxy) is 1. The van der Waals surface area contributed by atoms with Crippen molar-refractivity contribution in [3.05, 3.63) is 59.5 Å². The highest BCUT2D eigenvalue weighted by molar-refractivity contribution is 6.03. The fraction of sp³-hybridized carbons (Fsp3) is 0.409. The first-order valence-corrected chi connectivity index (χ1v) is 9.80. The van der Waals surface area contributed by atoms with E-state index < -0.39 is 17.4 Å². The Morgan fingerprint density at radius 3 is 2.86 bits per heavy atom. The molecule has 4 atom stereocenters. The minimum Gasteiger partial charge on any atom is -0.360 e. The highest BCUT2D eigenvalue weighted by Gasteiger charge is 2.67. The number of aromatic nitrogens is 1. The van der Waals surface area contributed by atoms with Gasteiger partial charge >= 0.3 is 0 Å². The van der Waals surface area contributed by atoms with E-state index in [1.54, 1.807) is 29.1 Å². The van der Waals surface area contributed by atoms with Crippen LogP contribution in [0, 0.1) is 25.7 Å². The van der Waals surface area contributed by atoms with Gasteiger partial charge in [0.15, 0.2) is 5.76 Å². The minimum atomic E-state index is -0.728. The lowest BCUT2D eigenvalue weighted by Crippen LogP contribution is -2.44. The molecule has 2 fully saturated rings. The molecule has 0 aliphatic carbocycles. The number of aryl methyl sites for hydroxylation is 2. The van der Waals surface area contributed by atoms with Crippen molar-refractivity contribution >= 4 is 17.5 Å². The first-order valence-electron chi connectivity index (χ1n) is 9.80. The Morgan fingerprint density at radius 1 is 1.31 bits per heavy atom. The third kappa shape index (κ3) is 2.64. The van der Waals surface area contributed by atoms with Crippen LogP contribution in [0.15, 0.2) is 47.1 Å². The van der Waals surface area contributed by atoms with Gasteiger partial charge in [-0.25, -0.2) is 0 Å². The van der Waals surface area contributed by atoms with Gasteiger partial charge in [-0.3, -0.25) is 9.59 Å². The van der Waals surface area contributed by atoms with Crippen LogP contribution in [0.5, 0.6) is 0 Å². The number of amides is 2. The molecule has 0 unspecified atom stereocenters. The van der Waals surface area contributed by atoms with Crippen molar-refractivity contribution in [1.82, 2.24) is 10.1 Å². The van der Waals surface area contributed by atoms with Crippen molar-refractivity contribution in [2.75, 3.05) is 18.5 Å². The zero-order valence-corrected chi connectivity index (χ0v) is 16.7. The van der Waals surface area contributed by atoms with E-state index in [1.165, 1.54) is 5.56 Å². The van der Waals surface area contributed by atoms with Crippen molar-refractivity contribution in [3.8, 4) is 0 Å². The van der Waals surface area contributed by atoms with Crippen LogP contribution in [-0.4, -0.2) is 47.2 Å². The van der Waals surface area contributed by atoms with Crippen LogP contribution < -0.4 is 4.90 Å². The van der Waals surface area contributed by atoms with Crippen LogP contribution >= 0.6 is 0 Å². The quantitative estimate of drug-likeness (QED) is 0.745. The number of carbonyl (C=O) groups excluding carboxylic acids is 2. The third-order valence-electron chi connectivity index (χ3n) is 6.45. The van der Waals surface area contributed by atoms with Crippen LogP contribution in [-0.2, 0) is 20.9 Å². The van der Waals surface area contributed by atoms with Gasteiger partial charge in [0.1, 0.15) is 5.60 Å². The molecule has 1 aromatic carbocycles. The highest BCUT2D eigenvalue weighted by atomic mass is 16.5. The average molecular weight is 393 g/mol. The standard InChI is InChI=1S/C22H23N3O4/c1-13-4-5-15(10-14(13)2)25-12-22-8-6-17(28-22)18(19(22)21(25)27)20(26)24(3)11-16-7-9-23-29-16/h4-10,17-19H,11-12H2,1-3H3/t17-,18+,19-,22-/m0/s1. The second kappa shape index (κ2) is 6.29. The normalized spacial score (nSPS) is 29.6. The van der Waals surface area contributed by atoms with E-state index in [1.807, 2.05) is 44.2 Å². The number of benzene rings is 1. The van der Waals surface area contributed by atoms with Crippen LogP contribution in [0.3, 0.4) is 0 Å². The largest absolute Gasteiger partial charge is 0.360 e. The van der Waals surface area contributed by atoms with E-state index in [2.05, 4.69) is 5.16 Å². The Hall–Kier alpha value is -2.93. The van der Waals surface area contributed by atoms with Gasteiger partial charge in [-0.1, -0.05) is 23.4 Å². The van der Waals surface area contributed by atoms with Crippen LogP contribution in [0.25, 0.3) is 0 Å². The molecule has 0 radical (unpaired) electrons. The predicted molar refractivity (Wildman–Crippen MR) is 105 cm³/mol. The molecule has 1 spiro atoms. The number of carbonyl (C=O) groups is 2. The Morgan fingerprint density at radius 2 is 2.14 bits per heavy atom. The maximum atomic E-state index is 13.4. The van der Waals surface area contributed by atoms with E-state index in [0.29, 0.717) is 18.8 Å². The summed E-state index contributed by atoms with van der Waals surface area (Å²) in [6.07, 6.45) is 5.09. The molecule has 7 heteroatoms. The summed E-state index contributed by atoms with van der Waals surface area (Å²) in [5.74, 6) is -0.602. The summed E-state index contributed by atoms with van der Waals surface area (Å²) in [7, 11) is 1.72. The summed E-state index contributed by atoms with van der Waals surface area (Å²) in [6.45, 7) is 4.82. The van der Waals surface area contributed by atoms with Gasteiger partial charge in [-0.05, 0) is 37.1 Å². The Bertz CT molecular complexity index is 1020. The lowest BCUT2D eigenvalue weighted by Gasteiger charge is -2.27. The summed E-state index contributed by atoms with van der Waals surface area (Å²) in [6, 6.07) is 7.73. The molecule has 29 heavy (non-hydrogen) atoms. The molecular weight excluding hydrogens is 370 g/mol. The van der Waals surface area contributed by atoms with Gasteiger partial charge in [0, 0.05) is 18.8 Å². The molecule has 0 saturated carbocycles. The van der Waals surface area contributed by atoms with E-state index in [0.717, 1.165) is 11.3 Å². The molecule has 3 aliphatic heterocycles. The van der Waals surface area contributed by atoms with Crippen LogP contribution in [0.2, 0.25) is 0 Å². The molecule has 2 aromatic rings. The number of hydrogen-bond donors (Lipinski definition) is 0. The summed E-state index contributed by atoms with van der Waals surface area (Å²) in [5.41, 5.74) is 2.43. The molecular formula is C22H23N3O4. The molecule has 2 bridgehead atoms. The Balaban J connectivity index is 1.43. The molecule has 2 amide bonds. The topological polar surface area (TPSA) is 75.9 Å². The van der Waals surface area contributed by atoms with Crippen LogP contribution in [0.4, 0.5) is 5.69 Å². The molecule has 1 aromatic heterocycles. The molecule has 2 saturated heterocycles. The maximum Gasteiger partial charge on any atom is 0.234 e. The zero-order valence-electron chi connectivity index (χ0n) is 16.7. The minimum absolute atomic E-state index is 0.0495. The average Bonchev–Trinajstić information content (AvgIpc) is 3.46. The first-order chi connectivity index (χ1) is 13.9. The van der Waals surface area contributed by atoms with E-state index in [9.17, 15) is 9.59 Å².